The largest absolute Gasteiger partial charge is 0.412 e. The highest BCUT2D eigenvalue weighted by molar-refractivity contribution is 4.86. The molecule has 1 unspecified atom stereocenters. The lowest BCUT2D eigenvalue weighted by atomic mass is 10.1. The molecule has 2 nitrogen and oxygen atoms in total. The van der Waals surface area contributed by atoms with Gasteiger partial charge in [-0.2, -0.15) is 0 Å². The van der Waals surface area contributed by atoms with E-state index in [-0.39, 0.29) is 5.48 Å². The lowest BCUT2D eigenvalue weighted by Gasteiger charge is -2.23. The summed E-state index contributed by atoms with van der Waals surface area (Å²) in [6.45, 7) is 12.7. The second kappa shape index (κ2) is 11.7. The van der Waals surface area contributed by atoms with E-state index >= 15 is 0 Å². The first-order chi connectivity index (χ1) is 6.74. The minimum atomic E-state index is 0. The van der Waals surface area contributed by atoms with Crippen LogP contribution in [0.3, 0.4) is 0 Å². The van der Waals surface area contributed by atoms with Crippen molar-refractivity contribution in [2.75, 3.05) is 19.6 Å². The van der Waals surface area contributed by atoms with Crippen LogP contribution in [0.15, 0.2) is 12.2 Å². The maximum atomic E-state index is 2.57. The quantitative estimate of drug-likeness (QED) is 0.573. The minimum Gasteiger partial charge on any atom is -0.412 e. The molecule has 0 aliphatic rings. The Morgan fingerprint density at radius 2 is 1.60 bits per heavy atom. The van der Waals surface area contributed by atoms with Gasteiger partial charge in [-0.05, 0) is 38.3 Å². The summed E-state index contributed by atoms with van der Waals surface area (Å²) in [7, 11) is 0. The Labute approximate surface area is 95.7 Å². The zero-order chi connectivity index (χ0) is 10.8. The molecule has 0 aliphatic carbocycles. The number of rotatable bonds is 8. The third kappa shape index (κ3) is 9.95. The predicted octanol–water partition coefficient (Wildman–Crippen LogP) is 2.89. The molecule has 2 N–H and O–H groups in total. The maximum Gasteiger partial charge on any atom is 0.00417 e. The molecule has 0 heterocycles. The van der Waals surface area contributed by atoms with Crippen molar-refractivity contribution in [2.45, 2.75) is 47.0 Å². The van der Waals surface area contributed by atoms with Gasteiger partial charge in [0, 0.05) is 6.54 Å². The number of hydrogen-bond acceptors (Lipinski definition) is 1. The van der Waals surface area contributed by atoms with Crippen LogP contribution in [-0.2, 0) is 0 Å². The predicted molar refractivity (Wildman–Crippen MR) is 69.2 cm³/mol. The summed E-state index contributed by atoms with van der Waals surface area (Å²) in [5, 5.41) is 0. The summed E-state index contributed by atoms with van der Waals surface area (Å²) in [6, 6.07) is 0. The zero-order valence-corrected chi connectivity index (χ0v) is 10.9. The van der Waals surface area contributed by atoms with Gasteiger partial charge < -0.3 is 10.4 Å². The van der Waals surface area contributed by atoms with E-state index in [0.717, 1.165) is 6.42 Å². The van der Waals surface area contributed by atoms with Crippen LogP contribution in [-0.4, -0.2) is 30.0 Å². The normalized spacial score (nSPS) is 13.1. The molecule has 0 saturated heterocycles. The lowest BCUT2D eigenvalue weighted by Crippen LogP contribution is -2.29. The molecule has 0 aromatic heterocycles. The van der Waals surface area contributed by atoms with Crippen molar-refractivity contribution < 1.29 is 5.48 Å². The minimum absolute atomic E-state index is 0. The van der Waals surface area contributed by atoms with Crippen LogP contribution in [0, 0.1) is 5.92 Å². The second-order valence-corrected chi connectivity index (χ2v) is 4.11. The Kier molecular flexibility index (Phi) is 13.4. The first kappa shape index (κ1) is 17.1. The molecular formula is C13H29NO. The molecule has 1 atom stereocenters. The standard InChI is InChI=1S/C13H27N.H2O/c1-5-8-9-13(4)12-14(10-6-2)11-7-3;/h8-9,13H,5-7,10-12H2,1-4H3;1H2. The fourth-order valence-electron chi connectivity index (χ4n) is 1.76. The van der Waals surface area contributed by atoms with E-state index in [1.165, 1.54) is 32.5 Å². The molecule has 0 fully saturated rings. The molecule has 0 aromatic rings. The molecule has 0 aromatic carbocycles. The Balaban J connectivity index is 0. The molecule has 0 amide bonds. The molecule has 2 heteroatoms. The summed E-state index contributed by atoms with van der Waals surface area (Å²) in [5.74, 6) is 0.702. The Morgan fingerprint density at radius 1 is 1.07 bits per heavy atom. The van der Waals surface area contributed by atoms with Gasteiger partial charge in [0.2, 0.25) is 0 Å². The van der Waals surface area contributed by atoms with Crippen molar-refractivity contribution in [2.24, 2.45) is 5.92 Å². The van der Waals surface area contributed by atoms with Crippen molar-refractivity contribution in [1.29, 1.82) is 0 Å². The number of allylic oxidation sites excluding steroid dienone is 1. The van der Waals surface area contributed by atoms with Crippen LogP contribution in [0.5, 0.6) is 0 Å². The molecule has 0 aliphatic heterocycles. The summed E-state index contributed by atoms with van der Waals surface area (Å²) >= 11 is 0. The highest BCUT2D eigenvalue weighted by Gasteiger charge is 2.05. The SMILES string of the molecule is CCC=CC(C)CN(CCC)CCC.O. The zero-order valence-electron chi connectivity index (χ0n) is 10.9. The summed E-state index contributed by atoms with van der Waals surface area (Å²) < 4.78 is 0. The van der Waals surface area contributed by atoms with Crippen molar-refractivity contribution >= 4 is 0 Å². The summed E-state index contributed by atoms with van der Waals surface area (Å²) in [4.78, 5) is 2.57. The summed E-state index contributed by atoms with van der Waals surface area (Å²) in [5.41, 5.74) is 0. The van der Waals surface area contributed by atoms with Gasteiger partial charge in [0.05, 0.1) is 0 Å². The van der Waals surface area contributed by atoms with E-state index in [9.17, 15) is 0 Å². The Morgan fingerprint density at radius 3 is 2.00 bits per heavy atom. The van der Waals surface area contributed by atoms with Crippen LogP contribution in [0.4, 0.5) is 0 Å². The van der Waals surface area contributed by atoms with Crippen molar-refractivity contribution in [1.82, 2.24) is 4.90 Å². The first-order valence-corrected chi connectivity index (χ1v) is 6.13. The van der Waals surface area contributed by atoms with E-state index in [1.807, 2.05) is 0 Å². The highest BCUT2D eigenvalue weighted by Crippen LogP contribution is 2.04. The molecule has 0 spiro atoms. The topological polar surface area (TPSA) is 34.7 Å². The lowest BCUT2D eigenvalue weighted by molar-refractivity contribution is 0.254. The van der Waals surface area contributed by atoms with Gasteiger partial charge in [-0.15, -0.1) is 0 Å². The highest BCUT2D eigenvalue weighted by atomic mass is 16.0. The van der Waals surface area contributed by atoms with E-state index in [2.05, 4.69) is 44.7 Å². The third-order valence-corrected chi connectivity index (χ3v) is 2.33. The molecule has 15 heavy (non-hydrogen) atoms. The van der Waals surface area contributed by atoms with E-state index in [0.29, 0.717) is 5.92 Å². The maximum absolute atomic E-state index is 2.57. The van der Waals surface area contributed by atoms with Crippen LogP contribution in [0.25, 0.3) is 0 Å². The van der Waals surface area contributed by atoms with Crippen LogP contribution in [0.2, 0.25) is 0 Å². The molecular weight excluding hydrogens is 186 g/mol. The summed E-state index contributed by atoms with van der Waals surface area (Å²) in [6.07, 6.45) is 8.32. The Bertz CT molecular complexity index is 139. The van der Waals surface area contributed by atoms with Crippen molar-refractivity contribution in [3.8, 4) is 0 Å². The number of hydrogen-bond donors (Lipinski definition) is 0. The average molecular weight is 215 g/mol. The van der Waals surface area contributed by atoms with Crippen LogP contribution >= 0.6 is 0 Å². The van der Waals surface area contributed by atoms with Gasteiger partial charge in [0.25, 0.3) is 0 Å². The van der Waals surface area contributed by atoms with Crippen molar-refractivity contribution in [3.05, 3.63) is 12.2 Å². The average Bonchev–Trinajstić information content (AvgIpc) is 2.15. The van der Waals surface area contributed by atoms with Gasteiger partial charge >= 0.3 is 0 Å². The molecule has 0 saturated carbocycles. The molecule has 0 rings (SSSR count). The van der Waals surface area contributed by atoms with Crippen LogP contribution < -0.4 is 0 Å². The molecule has 92 valence electrons. The molecule has 0 radical (unpaired) electrons. The van der Waals surface area contributed by atoms with Gasteiger partial charge in [0.15, 0.2) is 0 Å². The van der Waals surface area contributed by atoms with E-state index in [1.54, 1.807) is 0 Å². The number of nitrogens with zero attached hydrogens (tertiary/aromatic N) is 1. The fraction of sp³-hybridized carbons (Fsp3) is 0.846. The van der Waals surface area contributed by atoms with Gasteiger partial charge in [-0.3, -0.25) is 0 Å². The molecule has 0 bridgehead atoms. The van der Waals surface area contributed by atoms with Gasteiger partial charge in [-0.1, -0.05) is 39.8 Å². The second-order valence-electron chi connectivity index (χ2n) is 4.11. The van der Waals surface area contributed by atoms with E-state index in [4.69, 9.17) is 0 Å². The van der Waals surface area contributed by atoms with Gasteiger partial charge in [-0.25, -0.2) is 0 Å². The van der Waals surface area contributed by atoms with E-state index < -0.39 is 0 Å². The monoisotopic (exact) mass is 215 g/mol. The van der Waals surface area contributed by atoms with Gasteiger partial charge in [0.1, 0.15) is 0 Å². The van der Waals surface area contributed by atoms with Crippen LogP contribution in [0.1, 0.15) is 47.0 Å². The third-order valence-electron chi connectivity index (χ3n) is 2.33. The van der Waals surface area contributed by atoms with Crippen molar-refractivity contribution in [3.63, 3.8) is 0 Å². The smallest absolute Gasteiger partial charge is 0.00417 e. The first-order valence-electron chi connectivity index (χ1n) is 6.13. The Hall–Kier alpha value is -0.340. The fourth-order valence-corrected chi connectivity index (χ4v) is 1.76.